The minimum atomic E-state index is 0.0422. The SMILES string of the molecule is Cc1nccc([C@H]2C[C@H]3CCN(C(=O)CN(C)C)C[C@@H]3O2)n1. The molecular formula is C16H24N4O2. The maximum absolute atomic E-state index is 12.2. The van der Waals surface area contributed by atoms with E-state index in [4.69, 9.17) is 4.74 Å². The van der Waals surface area contributed by atoms with Crippen LogP contribution in [-0.4, -0.2) is 65.5 Å². The molecule has 3 rings (SSSR count). The number of carbonyl (C=O) groups excluding carboxylic acids is 1. The highest BCUT2D eigenvalue weighted by Gasteiger charge is 2.41. The van der Waals surface area contributed by atoms with Gasteiger partial charge >= 0.3 is 0 Å². The average Bonchev–Trinajstić information content (AvgIpc) is 2.89. The second-order valence-electron chi connectivity index (χ2n) is 6.55. The highest BCUT2D eigenvalue weighted by molar-refractivity contribution is 5.78. The molecule has 0 aliphatic carbocycles. The van der Waals surface area contributed by atoms with Crippen molar-refractivity contribution in [3.63, 3.8) is 0 Å². The summed E-state index contributed by atoms with van der Waals surface area (Å²) in [5.74, 6) is 1.50. The van der Waals surface area contributed by atoms with Gasteiger partial charge in [0.2, 0.25) is 5.91 Å². The molecule has 0 unspecified atom stereocenters. The zero-order chi connectivity index (χ0) is 15.7. The van der Waals surface area contributed by atoms with E-state index in [-0.39, 0.29) is 18.1 Å². The molecule has 22 heavy (non-hydrogen) atoms. The predicted octanol–water partition coefficient (Wildman–Crippen LogP) is 1.03. The fourth-order valence-corrected chi connectivity index (χ4v) is 3.37. The van der Waals surface area contributed by atoms with Gasteiger partial charge in [0.1, 0.15) is 11.9 Å². The van der Waals surface area contributed by atoms with Gasteiger partial charge in [-0.15, -0.1) is 0 Å². The number of ether oxygens (including phenoxy) is 1. The Morgan fingerprint density at radius 3 is 3.05 bits per heavy atom. The molecule has 0 N–H and O–H groups in total. The number of aryl methyl sites for hydroxylation is 1. The molecule has 0 saturated carbocycles. The summed E-state index contributed by atoms with van der Waals surface area (Å²) >= 11 is 0. The summed E-state index contributed by atoms with van der Waals surface area (Å²) in [5, 5.41) is 0. The number of likely N-dealkylation sites (tertiary alicyclic amines) is 1. The van der Waals surface area contributed by atoms with Crippen molar-refractivity contribution in [3.8, 4) is 0 Å². The molecule has 2 aliphatic rings. The zero-order valence-corrected chi connectivity index (χ0v) is 13.5. The van der Waals surface area contributed by atoms with Gasteiger partial charge in [-0.1, -0.05) is 0 Å². The zero-order valence-electron chi connectivity index (χ0n) is 13.5. The summed E-state index contributed by atoms with van der Waals surface area (Å²) in [4.78, 5) is 24.7. The molecule has 0 bridgehead atoms. The smallest absolute Gasteiger partial charge is 0.236 e. The van der Waals surface area contributed by atoms with Crippen LogP contribution >= 0.6 is 0 Å². The van der Waals surface area contributed by atoms with E-state index in [1.807, 2.05) is 36.9 Å². The highest BCUT2D eigenvalue weighted by Crippen LogP contribution is 2.40. The largest absolute Gasteiger partial charge is 0.367 e. The fourth-order valence-electron chi connectivity index (χ4n) is 3.37. The Hall–Kier alpha value is -1.53. The summed E-state index contributed by atoms with van der Waals surface area (Å²) in [7, 11) is 3.84. The van der Waals surface area contributed by atoms with Crippen LogP contribution in [-0.2, 0) is 9.53 Å². The van der Waals surface area contributed by atoms with Crippen LogP contribution in [0.5, 0.6) is 0 Å². The van der Waals surface area contributed by atoms with E-state index in [1.165, 1.54) is 0 Å². The lowest BCUT2D eigenvalue weighted by Crippen LogP contribution is -2.47. The van der Waals surface area contributed by atoms with Gasteiger partial charge in [-0.2, -0.15) is 0 Å². The number of piperidine rings is 1. The van der Waals surface area contributed by atoms with Gasteiger partial charge in [0.05, 0.1) is 18.3 Å². The molecule has 1 aromatic rings. The summed E-state index contributed by atoms with van der Waals surface area (Å²) < 4.78 is 6.19. The Kier molecular flexibility index (Phi) is 4.40. The van der Waals surface area contributed by atoms with E-state index in [1.54, 1.807) is 6.20 Å². The number of carbonyl (C=O) groups is 1. The summed E-state index contributed by atoms with van der Waals surface area (Å²) in [6, 6.07) is 1.93. The first-order valence-electron chi connectivity index (χ1n) is 7.90. The Bertz CT molecular complexity index is 549. The van der Waals surface area contributed by atoms with Crippen LogP contribution in [0.2, 0.25) is 0 Å². The normalized spacial score (nSPS) is 28.0. The van der Waals surface area contributed by atoms with Gasteiger partial charge in [-0.3, -0.25) is 4.79 Å². The van der Waals surface area contributed by atoms with Crippen LogP contribution in [0.3, 0.4) is 0 Å². The van der Waals surface area contributed by atoms with E-state index >= 15 is 0 Å². The summed E-state index contributed by atoms with van der Waals surface area (Å²) in [6.07, 6.45) is 3.98. The number of hydrogen-bond donors (Lipinski definition) is 0. The number of fused-ring (bicyclic) bond motifs is 1. The first-order valence-corrected chi connectivity index (χ1v) is 7.90. The van der Waals surface area contributed by atoms with Crippen molar-refractivity contribution in [2.75, 3.05) is 33.7 Å². The standard InChI is InChI=1S/C16H24N4O2/c1-11-17-6-4-13(18-11)14-8-12-5-7-20(9-15(12)22-14)16(21)10-19(2)3/h4,6,12,14-15H,5,7-10H2,1-3H3/t12-,14-,15+/m1/s1. The number of aromatic nitrogens is 2. The van der Waals surface area contributed by atoms with Crippen LogP contribution in [0.25, 0.3) is 0 Å². The maximum atomic E-state index is 12.2. The molecule has 2 fully saturated rings. The molecule has 1 amide bonds. The van der Waals surface area contributed by atoms with Crippen molar-refractivity contribution in [2.24, 2.45) is 5.92 Å². The number of hydrogen-bond acceptors (Lipinski definition) is 5. The molecule has 1 aromatic heterocycles. The topological polar surface area (TPSA) is 58.6 Å². The second-order valence-corrected chi connectivity index (χ2v) is 6.55. The average molecular weight is 304 g/mol. The number of rotatable bonds is 3. The monoisotopic (exact) mass is 304 g/mol. The molecule has 2 saturated heterocycles. The summed E-state index contributed by atoms with van der Waals surface area (Å²) in [5.41, 5.74) is 0.966. The molecule has 2 aliphatic heterocycles. The van der Waals surface area contributed by atoms with Gasteiger partial charge in [-0.25, -0.2) is 9.97 Å². The quantitative estimate of drug-likeness (QED) is 0.834. The third kappa shape index (κ3) is 3.28. The number of amides is 1. The van der Waals surface area contributed by atoms with Gasteiger partial charge in [0.25, 0.3) is 0 Å². The van der Waals surface area contributed by atoms with Gasteiger partial charge in [0, 0.05) is 19.3 Å². The van der Waals surface area contributed by atoms with E-state index in [0.717, 1.165) is 30.9 Å². The van der Waals surface area contributed by atoms with Crippen molar-refractivity contribution in [2.45, 2.75) is 32.0 Å². The number of nitrogens with zero attached hydrogens (tertiary/aromatic N) is 4. The molecule has 6 heteroatoms. The van der Waals surface area contributed by atoms with Crippen molar-refractivity contribution < 1.29 is 9.53 Å². The van der Waals surface area contributed by atoms with Crippen molar-refractivity contribution in [1.29, 1.82) is 0 Å². The molecule has 3 atom stereocenters. The van der Waals surface area contributed by atoms with Crippen molar-refractivity contribution in [3.05, 3.63) is 23.8 Å². The lowest BCUT2D eigenvalue weighted by atomic mass is 9.91. The molecule has 3 heterocycles. The van der Waals surface area contributed by atoms with E-state index in [0.29, 0.717) is 19.0 Å². The molecule has 0 spiro atoms. The van der Waals surface area contributed by atoms with Crippen LogP contribution in [0.4, 0.5) is 0 Å². The minimum Gasteiger partial charge on any atom is -0.367 e. The first-order chi connectivity index (χ1) is 10.5. The van der Waals surface area contributed by atoms with E-state index in [9.17, 15) is 4.79 Å². The van der Waals surface area contributed by atoms with Gasteiger partial charge in [0.15, 0.2) is 0 Å². The van der Waals surface area contributed by atoms with Crippen molar-refractivity contribution >= 4 is 5.91 Å². The molecular weight excluding hydrogens is 280 g/mol. The van der Waals surface area contributed by atoms with Crippen LogP contribution in [0, 0.1) is 12.8 Å². The van der Waals surface area contributed by atoms with Crippen LogP contribution < -0.4 is 0 Å². The minimum absolute atomic E-state index is 0.0422. The highest BCUT2D eigenvalue weighted by atomic mass is 16.5. The Labute approximate surface area is 131 Å². The Balaban J connectivity index is 1.63. The number of likely N-dealkylation sites (N-methyl/N-ethyl adjacent to an activating group) is 1. The molecule has 6 nitrogen and oxygen atoms in total. The Morgan fingerprint density at radius 2 is 2.32 bits per heavy atom. The fraction of sp³-hybridized carbons (Fsp3) is 0.688. The molecule has 0 aromatic carbocycles. The predicted molar refractivity (Wildman–Crippen MR) is 82.2 cm³/mol. The Morgan fingerprint density at radius 1 is 1.50 bits per heavy atom. The molecule has 120 valence electrons. The van der Waals surface area contributed by atoms with E-state index in [2.05, 4.69) is 9.97 Å². The van der Waals surface area contributed by atoms with E-state index < -0.39 is 0 Å². The maximum Gasteiger partial charge on any atom is 0.236 e. The van der Waals surface area contributed by atoms with Gasteiger partial charge < -0.3 is 14.5 Å². The summed E-state index contributed by atoms with van der Waals surface area (Å²) in [6.45, 7) is 3.91. The third-order valence-corrected chi connectivity index (χ3v) is 4.48. The van der Waals surface area contributed by atoms with Crippen LogP contribution in [0.1, 0.15) is 30.5 Å². The first kappa shape index (κ1) is 15.4. The van der Waals surface area contributed by atoms with Crippen LogP contribution in [0.15, 0.2) is 12.3 Å². The lowest BCUT2D eigenvalue weighted by Gasteiger charge is -2.34. The van der Waals surface area contributed by atoms with Gasteiger partial charge in [-0.05, 0) is 45.8 Å². The third-order valence-electron chi connectivity index (χ3n) is 4.48. The second kappa shape index (κ2) is 6.30. The lowest BCUT2D eigenvalue weighted by molar-refractivity contribution is -0.136. The van der Waals surface area contributed by atoms with Crippen molar-refractivity contribution in [1.82, 2.24) is 19.8 Å². The molecule has 0 radical (unpaired) electrons.